The van der Waals surface area contributed by atoms with Crippen LogP contribution in [0.3, 0.4) is 0 Å². The number of ether oxygens (including phenoxy) is 2. The van der Waals surface area contributed by atoms with E-state index in [2.05, 4.69) is 114 Å². The molecule has 7 fully saturated rings. The maximum absolute atomic E-state index is 11.7. The molecule has 8 heteroatoms. The first-order valence-electron chi connectivity index (χ1n) is 30.2. The van der Waals surface area contributed by atoms with E-state index in [1.165, 1.54) is 177 Å². The summed E-state index contributed by atoms with van der Waals surface area (Å²) in [6.45, 7) is 9.84. The number of hydrogen-bond donors (Lipinski definition) is 1. The zero-order valence-electron chi connectivity index (χ0n) is 50.3. The molecule has 2 aromatic rings. The third-order valence-corrected chi connectivity index (χ3v) is 22.8. The minimum Gasteiger partial charge on any atom is -0.462 e. The van der Waals surface area contributed by atoms with Gasteiger partial charge in [-0.1, -0.05) is 197 Å². The third kappa shape index (κ3) is 18.7. The Labute approximate surface area is 500 Å². The van der Waals surface area contributed by atoms with E-state index in [1.54, 1.807) is 6.92 Å². The van der Waals surface area contributed by atoms with Crippen LogP contribution in [0.2, 0.25) is 0 Å². The number of esters is 2. The molecule has 6 nitrogen and oxygen atoms in total. The predicted molar refractivity (Wildman–Crippen MR) is 335 cm³/mol. The molecule has 0 amide bonds. The van der Waals surface area contributed by atoms with Crippen molar-refractivity contribution in [2.45, 2.75) is 250 Å². The monoisotopic (exact) mass is 1140 g/mol. The van der Waals surface area contributed by atoms with E-state index in [-0.39, 0.29) is 80.8 Å². The van der Waals surface area contributed by atoms with Crippen molar-refractivity contribution in [1.82, 2.24) is 5.32 Å². The molecule has 9 aliphatic rings. The summed E-state index contributed by atoms with van der Waals surface area (Å²) in [6, 6.07) is 22.5. The van der Waals surface area contributed by atoms with Crippen molar-refractivity contribution in [2.75, 3.05) is 0 Å². The van der Waals surface area contributed by atoms with E-state index in [4.69, 9.17) is 33.7 Å². The predicted octanol–water partition coefficient (Wildman–Crippen LogP) is 17.8. The SMILES string of the molecule is C#CC#CC.C#CC#CC#C.C1CCCC1.CC1=C(C)C2(CCCCC2)C(=O)O1.C[C@@H]1OC(=O)C2(CCCCC2)[C@@H]1C.[CH3-].[CH3-].[Fe+2].c1ccc([C@H]2N=C(C3CCCC3P(C3CCCCC3)C3CCCCC3)N[C@@H]2c2ccccc2)cc1. The van der Waals surface area contributed by atoms with E-state index in [1.807, 2.05) is 20.8 Å². The molecular formula is C72H99FeN2O4P. The molecule has 0 aromatic heterocycles. The van der Waals surface area contributed by atoms with Gasteiger partial charge in [0.1, 0.15) is 23.7 Å². The summed E-state index contributed by atoms with van der Waals surface area (Å²) in [5.41, 5.74) is 6.54. The van der Waals surface area contributed by atoms with Gasteiger partial charge in [0, 0.05) is 11.8 Å². The number of amidine groups is 1. The molecule has 2 aromatic carbocycles. The van der Waals surface area contributed by atoms with Crippen LogP contribution in [-0.2, 0) is 36.1 Å². The van der Waals surface area contributed by atoms with Crippen molar-refractivity contribution >= 4 is 25.7 Å². The molecule has 1 saturated heterocycles. The van der Waals surface area contributed by atoms with Crippen LogP contribution in [0.5, 0.6) is 0 Å². The van der Waals surface area contributed by atoms with Gasteiger partial charge in [0.2, 0.25) is 0 Å². The Morgan fingerprint density at radius 2 is 1.05 bits per heavy atom. The van der Waals surface area contributed by atoms with Gasteiger partial charge in [-0.25, -0.2) is 0 Å². The van der Waals surface area contributed by atoms with Crippen LogP contribution in [0.15, 0.2) is 77.0 Å². The smallest absolute Gasteiger partial charge is 0.462 e. The quantitative estimate of drug-likeness (QED) is 0.103. The fraction of sp³-hybridized carbons (Fsp3) is 0.597. The molecule has 0 radical (unpaired) electrons. The largest absolute Gasteiger partial charge is 2.00 e. The third-order valence-electron chi connectivity index (χ3n) is 18.7. The number of nitrogens with zero attached hydrogens (tertiary/aromatic N) is 1. The number of allylic oxidation sites excluding steroid dienone is 1. The topological polar surface area (TPSA) is 77.0 Å². The van der Waals surface area contributed by atoms with Gasteiger partial charge in [0.05, 0.1) is 16.9 Å². The van der Waals surface area contributed by atoms with Crippen molar-refractivity contribution in [3.8, 4) is 60.7 Å². The van der Waals surface area contributed by atoms with Crippen molar-refractivity contribution in [1.29, 1.82) is 0 Å². The average Bonchev–Trinajstić information content (AvgIpc) is 4.35. The fourth-order valence-electron chi connectivity index (χ4n) is 14.2. The molecule has 3 aliphatic heterocycles. The average molecular weight is 1140 g/mol. The van der Waals surface area contributed by atoms with Crippen LogP contribution < -0.4 is 5.32 Å². The molecule has 2 unspecified atom stereocenters. The molecule has 2 spiro atoms. The van der Waals surface area contributed by atoms with E-state index < -0.39 is 0 Å². The second-order valence-corrected chi connectivity index (χ2v) is 26.2. The van der Waals surface area contributed by atoms with Gasteiger partial charge in [0.15, 0.2) is 0 Å². The second kappa shape index (κ2) is 36.7. The number of hydrogen-bond acceptors (Lipinski definition) is 6. The van der Waals surface area contributed by atoms with Crippen LogP contribution >= 0.6 is 7.92 Å². The Bertz CT molecular complexity index is 2440. The number of benzene rings is 2. The molecule has 80 heavy (non-hydrogen) atoms. The van der Waals surface area contributed by atoms with Crippen LogP contribution in [0.25, 0.3) is 0 Å². The van der Waals surface area contributed by atoms with E-state index in [0.717, 1.165) is 48.4 Å². The molecular weight excluding hydrogens is 1040 g/mol. The summed E-state index contributed by atoms with van der Waals surface area (Å²) in [5, 5.41) is 4.05. The minimum atomic E-state index is -0.220. The van der Waals surface area contributed by atoms with Crippen LogP contribution in [0.1, 0.15) is 238 Å². The summed E-state index contributed by atoms with van der Waals surface area (Å²) in [6.07, 6.45) is 52.3. The maximum atomic E-state index is 11.7. The van der Waals surface area contributed by atoms with Crippen molar-refractivity contribution in [3.05, 3.63) is 98.0 Å². The van der Waals surface area contributed by atoms with Crippen LogP contribution in [0, 0.1) is 98.2 Å². The Kier molecular flexibility index (Phi) is 32.0. The van der Waals surface area contributed by atoms with Gasteiger partial charge >= 0.3 is 29.0 Å². The van der Waals surface area contributed by atoms with Crippen molar-refractivity contribution < 1.29 is 36.1 Å². The van der Waals surface area contributed by atoms with Gasteiger partial charge in [-0.3, -0.25) is 14.6 Å². The van der Waals surface area contributed by atoms with Crippen molar-refractivity contribution in [2.24, 2.45) is 27.7 Å². The zero-order chi connectivity index (χ0) is 54.9. The molecule has 6 saturated carbocycles. The Balaban J connectivity index is 0.000000306. The molecule has 3 heterocycles. The number of rotatable bonds is 6. The standard InChI is InChI=1S/C32H43N2P.C11H18O2.C11H16O2.C6H2.C5H10.C5H4.2CH3.Fe/c1-5-14-24(15-6-1)30-31(25-16-7-2-8-17-25)34-32(33-30)28-22-13-23-29(28)35(26-18-9-3-10-19-26)27-20-11-4-12-21-27;2*1-8-9(2)13-10(12)11(8)6-4-3-5-7-11;1-3-5-6-4-2;1-2-4-5-3-1;1-3-5-4-2;;;/h1-2,5-8,14-17,26-31H,3-4,9-13,18-23H2,(H,33,34);8-9H,3-7H2,1-2H3;3-7H2,1-2H3;1-2H;1-5H2;1H,2H3;2*1H3;/q;;;;;;2*-1;+2/t28?,29?,30-,31-;8-,9+;;;;;;;/m11......./s1. The van der Waals surface area contributed by atoms with Gasteiger partial charge in [-0.15, -0.1) is 19.3 Å². The summed E-state index contributed by atoms with van der Waals surface area (Å²) in [4.78, 5) is 29.0. The Hall–Kier alpha value is -4.66. The molecule has 434 valence electrons. The van der Waals surface area contributed by atoms with E-state index in [0.29, 0.717) is 11.8 Å². The van der Waals surface area contributed by atoms with Crippen LogP contribution in [-0.4, -0.2) is 40.9 Å². The molecule has 11 rings (SSSR count). The summed E-state index contributed by atoms with van der Waals surface area (Å²) >= 11 is 0. The zero-order valence-corrected chi connectivity index (χ0v) is 52.3. The first-order valence-corrected chi connectivity index (χ1v) is 31.7. The normalized spacial score (nSPS) is 25.7. The Morgan fingerprint density at radius 1 is 0.588 bits per heavy atom. The summed E-state index contributed by atoms with van der Waals surface area (Å²) in [5.74, 6) is 19.0. The number of carbonyl (C=O) groups is 2. The van der Waals surface area contributed by atoms with Gasteiger partial charge in [0.25, 0.3) is 0 Å². The number of terminal acetylenes is 3. The number of aliphatic imine (C=N–C) groups is 1. The Morgan fingerprint density at radius 3 is 1.48 bits per heavy atom. The number of cyclic esters (lactones) is 2. The summed E-state index contributed by atoms with van der Waals surface area (Å²) < 4.78 is 10.5. The second-order valence-electron chi connectivity index (χ2n) is 23.2. The van der Waals surface area contributed by atoms with E-state index >= 15 is 0 Å². The minimum absolute atomic E-state index is 0. The first-order chi connectivity index (χ1) is 37.5. The number of nitrogens with one attached hydrogen (secondary N) is 1. The number of carbonyl (C=O) groups excluding carboxylic acids is 2. The van der Waals surface area contributed by atoms with Gasteiger partial charge in [-0.05, 0) is 161 Å². The molecule has 6 aliphatic carbocycles. The molecule has 6 atom stereocenters. The van der Waals surface area contributed by atoms with Gasteiger partial charge < -0.3 is 29.6 Å². The van der Waals surface area contributed by atoms with E-state index in [9.17, 15) is 9.59 Å². The van der Waals surface area contributed by atoms with Gasteiger partial charge in [-0.2, -0.15) is 0 Å². The summed E-state index contributed by atoms with van der Waals surface area (Å²) in [7, 11) is 0.0886. The fourth-order valence-corrected chi connectivity index (χ4v) is 19.0. The van der Waals surface area contributed by atoms with Crippen molar-refractivity contribution in [3.63, 3.8) is 0 Å². The molecule has 0 bridgehead atoms. The van der Waals surface area contributed by atoms with Crippen LogP contribution in [0.4, 0.5) is 0 Å². The molecule has 1 N–H and O–H groups in total. The maximum Gasteiger partial charge on any atom is 2.00 e. The first kappa shape index (κ1) is 69.6.